The first-order valence-corrected chi connectivity index (χ1v) is 22.6. The zero-order valence-corrected chi connectivity index (χ0v) is 32.1. The molecule has 0 amide bonds. The Bertz CT molecular complexity index is 1390. The maximum absolute atomic E-state index is 14.8. The van der Waals surface area contributed by atoms with Gasteiger partial charge in [0, 0.05) is 0 Å². The highest BCUT2D eigenvalue weighted by molar-refractivity contribution is 7.57. The number of rotatable bonds is 14. The Morgan fingerprint density at radius 3 is 1.15 bits per heavy atom. The molecular formula is C42H60O4P2. The zero-order valence-electron chi connectivity index (χ0n) is 30.3. The van der Waals surface area contributed by atoms with Gasteiger partial charge in [0.25, 0.3) is 0 Å². The van der Waals surface area contributed by atoms with Crippen molar-refractivity contribution >= 4 is 14.7 Å². The Kier molecular flexibility index (Phi) is 13.1. The van der Waals surface area contributed by atoms with Crippen molar-refractivity contribution in [3.8, 4) is 0 Å². The zero-order chi connectivity index (χ0) is 34.3. The third-order valence-corrected chi connectivity index (χ3v) is 16.0. The van der Waals surface area contributed by atoms with E-state index >= 15 is 0 Å². The van der Waals surface area contributed by atoms with E-state index in [0.29, 0.717) is 60.2 Å². The van der Waals surface area contributed by atoms with Crippen molar-refractivity contribution in [3.05, 3.63) is 107 Å². The second kappa shape index (κ2) is 16.8. The van der Waals surface area contributed by atoms with Gasteiger partial charge in [-0.1, -0.05) is 126 Å². The van der Waals surface area contributed by atoms with Gasteiger partial charge >= 0.3 is 0 Å². The van der Waals surface area contributed by atoms with Gasteiger partial charge in [-0.15, -0.1) is 0 Å². The van der Waals surface area contributed by atoms with E-state index in [9.17, 15) is 9.13 Å². The molecule has 0 bridgehead atoms. The molecule has 2 saturated carbocycles. The summed E-state index contributed by atoms with van der Waals surface area (Å²) in [6.45, 7) is 13.7. The van der Waals surface area contributed by atoms with Crippen molar-refractivity contribution in [2.75, 3.05) is 0 Å². The first kappa shape index (κ1) is 37.3. The van der Waals surface area contributed by atoms with Gasteiger partial charge in [-0.2, -0.15) is 0 Å². The smallest absolute Gasteiger partial charge is 0.211 e. The van der Waals surface area contributed by atoms with E-state index in [1.54, 1.807) is 0 Å². The van der Waals surface area contributed by atoms with Gasteiger partial charge in [-0.3, -0.25) is 9.13 Å². The van der Waals surface area contributed by atoms with Gasteiger partial charge in [0.2, 0.25) is 14.7 Å². The molecule has 3 aromatic carbocycles. The second-order valence-electron chi connectivity index (χ2n) is 15.9. The van der Waals surface area contributed by atoms with E-state index < -0.39 is 14.7 Å². The third-order valence-electron chi connectivity index (χ3n) is 11.3. The Hall–Kier alpha value is -1.96. The molecule has 0 aromatic heterocycles. The molecule has 3 aromatic rings. The van der Waals surface area contributed by atoms with E-state index in [2.05, 4.69) is 90.1 Å². The van der Waals surface area contributed by atoms with E-state index in [1.165, 1.54) is 12.8 Å². The van der Waals surface area contributed by atoms with Crippen LogP contribution in [0, 0.1) is 35.5 Å². The monoisotopic (exact) mass is 690 g/mol. The van der Waals surface area contributed by atoms with Crippen LogP contribution in [-0.2, 0) is 42.8 Å². The summed E-state index contributed by atoms with van der Waals surface area (Å²) in [7, 11) is -6.11. The van der Waals surface area contributed by atoms with E-state index in [1.807, 2.05) is 36.4 Å². The summed E-state index contributed by atoms with van der Waals surface area (Å²) in [6, 6.07) is 28.6. The molecule has 5 rings (SSSR count). The molecule has 262 valence electrons. The van der Waals surface area contributed by atoms with Crippen molar-refractivity contribution in [1.82, 2.24) is 0 Å². The van der Waals surface area contributed by atoms with Crippen LogP contribution in [0.2, 0.25) is 0 Å². The van der Waals surface area contributed by atoms with Crippen molar-refractivity contribution in [3.63, 3.8) is 0 Å². The summed E-state index contributed by atoms with van der Waals surface area (Å²) in [5.41, 5.74) is 4.11. The largest absolute Gasteiger partial charge is 0.324 e. The lowest BCUT2D eigenvalue weighted by Gasteiger charge is -2.38. The van der Waals surface area contributed by atoms with Crippen molar-refractivity contribution in [2.45, 2.75) is 117 Å². The average Bonchev–Trinajstić information content (AvgIpc) is 3.04. The summed E-state index contributed by atoms with van der Waals surface area (Å²) in [5.74, 6) is 3.21. The van der Waals surface area contributed by atoms with Crippen LogP contribution in [0.4, 0.5) is 0 Å². The summed E-state index contributed by atoms with van der Waals surface area (Å²) in [6.07, 6.45) is 8.32. The third kappa shape index (κ3) is 10.5. The van der Waals surface area contributed by atoms with Crippen LogP contribution in [0.3, 0.4) is 0 Å². The molecule has 2 aliphatic rings. The van der Waals surface area contributed by atoms with Crippen molar-refractivity contribution in [2.24, 2.45) is 35.5 Å². The summed E-state index contributed by atoms with van der Waals surface area (Å²) < 4.78 is 43.1. The molecule has 0 spiro atoms. The molecule has 6 heteroatoms. The van der Waals surface area contributed by atoms with Crippen LogP contribution in [0.15, 0.2) is 84.9 Å². The molecular weight excluding hydrogens is 630 g/mol. The lowest BCUT2D eigenvalue weighted by atomic mass is 9.76. The summed E-state index contributed by atoms with van der Waals surface area (Å²) in [4.78, 5) is 0. The molecule has 0 N–H and O–H groups in total. The van der Waals surface area contributed by atoms with E-state index in [-0.39, 0.29) is 12.2 Å². The first-order chi connectivity index (χ1) is 22.9. The highest BCUT2D eigenvalue weighted by atomic mass is 31.2. The Balaban J connectivity index is 1.34. The summed E-state index contributed by atoms with van der Waals surface area (Å²) >= 11 is 0. The van der Waals surface area contributed by atoms with Crippen molar-refractivity contribution in [1.29, 1.82) is 0 Å². The predicted molar refractivity (Wildman–Crippen MR) is 202 cm³/mol. The van der Waals surface area contributed by atoms with Crippen LogP contribution in [0.25, 0.3) is 0 Å². The van der Waals surface area contributed by atoms with Gasteiger partial charge in [0.05, 0.1) is 36.9 Å². The second-order valence-corrected chi connectivity index (χ2v) is 20.9. The van der Waals surface area contributed by atoms with Gasteiger partial charge in [-0.05, 0) is 96.3 Å². The minimum atomic E-state index is -3.05. The van der Waals surface area contributed by atoms with Crippen LogP contribution in [0.5, 0.6) is 0 Å². The molecule has 2 fully saturated rings. The average molecular weight is 691 g/mol. The maximum Gasteiger partial charge on any atom is 0.211 e. The topological polar surface area (TPSA) is 52.6 Å². The highest BCUT2D eigenvalue weighted by Gasteiger charge is 2.37. The molecule has 0 aliphatic heterocycles. The van der Waals surface area contributed by atoms with Crippen LogP contribution >= 0.6 is 14.7 Å². The fourth-order valence-corrected chi connectivity index (χ4v) is 13.1. The molecule has 2 aliphatic carbocycles. The fourth-order valence-electron chi connectivity index (χ4n) is 7.91. The van der Waals surface area contributed by atoms with Crippen LogP contribution < -0.4 is 0 Å². The maximum atomic E-state index is 14.8. The minimum absolute atomic E-state index is 0.0125. The molecule has 8 atom stereocenters. The normalized spacial score (nSPS) is 27.4. The Morgan fingerprint density at radius 2 is 0.833 bits per heavy atom. The molecule has 48 heavy (non-hydrogen) atoms. The predicted octanol–water partition coefficient (Wildman–Crippen LogP) is 12.6. The van der Waals surface area contributed by atoms with Crippen LogP contribution in [-0.4, -0.2) is 12.2 Å². The number of benzene rings is 3. The minimum Gasteiger partial charge on any atom is -0.324 e. The van der Waals surface area contributed by atoms with Gasteiger partial charge in [0.15, 0.2) is 0 Å². The standard InChI is InChI=1S/C42H60O4P2/c1-31(2)39-23-17-33(5)41(25-39)45-47(43,27-35-13-9-7-10-14-35)29-37-19-21-38(22-20-37)30-48(44,28-36-15-11-8-12-16-36)46-42-26-40(32(3)4)24-18-34(42)6/h7-16,19-22,31-34,39-42H,17-18,23-30H2,1-6H3. The fraction of sp³-hybridized carbons (Fsp3) is 0.571. The summed E-state index contributed by atoms with van der Waals surface area (Å²) in [5, 5.41) is 0. The molecule has 0 radical (unpaired) electrons. The lowest BCUT2D eigenvalue weighted by molar-refractivity contribution is 0.0619. The van der Waals surface area contributed by atoms with Gasteiger partial charge in [0.1, 0.15) is 0 Å². The Morgan fingerprint density at radius 1 is 0.521 bits per heavy atom. The van der Waals surface area contributed by atoms with E-state index in [0.717, 1.165) is 47.9 Å². The van der Waals surface area contributed by atoms with E-state index in [4.69, 9.17) is 9.05 Å². The van der Waals surface area contributed by atoms with Gasteiger partial charge < -0.3 is 9.05 Å². The molecule has 8 unspecified atom stereocenters. The van der Waals surface area contributed by atoms with Crippen molar-refractivity contribution < 1.29 is 18.2 Å². The molecule has 0 saturated heterocycles. The van der Waals surface area contributed by atoms with Crippen LogP contribution in [0.1, 0.15) is 102 Å². The lowest BCUT2D eigenvalue weighted by Crippen LogP contribution is -2.32. The quantitative estimate of drug-likeness (QED) is 0.158. The Labute approximate surface area is 291 Å². The first-order valence-electron chi connectivity index (χ1n) is 18.6. The number of hydrogen-bond donors (Lipinski definition) is 0. The number of hydrogen-bond acceptors (Lipinski definition) is 4. The SMILES string of the molecule is CC(C)C1CCC(C)C(OP(=O)(Cc2ccccc2)Cc2ccc(CP(=O)(Cc3ccccc3)OC3CC(C(C)C)CCC3C)cc2)C1. The highest BCUT2D eigenvalue weighted by Crippen LogP contribution is 2.58. The molecule has 0 heterocycles. The van der Waals surface area contributed by atoms with Gasteiger partial charge in [-0.25, -0.2) is 0 Å². The molecule has 4 nitrogen and oxygen atoms in total.